The topological polar surface area (TPSA) is 151 Å². The van der Waals surface area contributed by atoms with Crippen LogP contribution in [0.3, 0.4) is 0 Å². The van der Waals surface area contributed by atoms with Gasteiger partial charge >= 0.3 is 6.09 Å². The van der Waals surface area contributed by atoms with E-state index in [4.69, 9.17) is 10.5 Å². The Kier molecular flexibility index (Phi) is 8.31. The number of nitrogen functional groups attached to an aromatic ring is 1. The molecular formula is C28H39N11O3. The van der Waals surface area contributed by atoms with Crippen LogP contribution in [0.1, 0.15) is 34.1 Å². The first kappa shape index (κ1) is 28.9. The van der Waals surface area contributed by atoms with Crippen LogP contribution in [0.2, 0.25) is 0 Å². The molecule has 42 heavy (non-hydrogen) atoms. The van der Waals surface area contributed by atoms with Gasteiger partial charge in [0.05, 0.1) is 0 Å². The van der Waals surface area contributed by atoms with Gasteiger partial charge in [0.15, 0.2) is 5.82 Å². The van der Waals surface area contributed by atoms with E-state index < -0.39 is 5.60 Å². The molecule has 2 fully saturated rings. The van der Waals surface area contributed by atoms with Crippen LogP contribution in [-0.4, -0.2) is 104 Å². The van der Waals surface area contributed by atoms with E-state index in [9.17, 15) is 9.59 Å². The van der Waals surface area contributed by atoms with Gasteiger partial charge in [0.1, 0.15) is 17.7 Å². The fraction of sp³-hybridized carbons (Fsp3) is 0.500. The maximum Gasteiger partial charge on any atom is 0.410 e. The van der Waals surface area contributed by atoms with Crippen LogP contribution in [-0.2, 0) is 9.53 Å². The molecular weight excluding hydrogens is 538 g/mol. The highest BCUT2D eigenvalue weighted by atomic mass is 16.6. The first-order chi connectivity index (χ1) is 20.1. The summed E-state index contributed by atoms with van der Waals surface area (Å²) in [5.41, 5.74) is 7.58. The van der Waals surface area contributed by atoms with Gasteiger partial charge in [0.2, 0.25) is 17.8 Å². The number of ether oxygens (including phenoxy) is 1. The van der Waals surface area contributed by atoms with E-state index in [1.165, 1.54) is 11.0 Å². The zero-order valence-corrected chi connectivity index (χ0v) is 24.7. The highest BCUT2D eigenvalue weighted by Gasteiger charge is 2.26. The zero-order chi connectivity index (χ0) is 29.9. The van der Waals surface area contributed by atoms with Crippen LogP contribution in [0.4, 0.5) is 33.9 Å². The second kappa shape index (κ2) is 12.1. The molecule has 2 saturated heterocycles. The lowest BCUT2D eigenvalue weighted by atomic mass is 10.2. The number of nitrogens with one attached hydrogen (secondary N) is 1. The molecule has 0 aliphatic carbocycles. The number of anilines is 5. The fourth-order valence-electron chi connectivity index (χ4n) is 4.99. The number of carbonyl (C=O) groups excluding carboxylic acids is 2. The molecule has 2 aromatic heterocycles. The smallest absolute Gasteiger partial charge is 0.410 e. The van der Waals surface area contributed by atoms with Gasteiger partial charge in [-0.3, -0.25) is 4.79 Å². The molecule has 0 saturated carbocycles. The second-order valence-corrected chi connectivity index (χ2v) is 11.4. The van der Waals surface area contributed by atoms with Crippen molar-refractivity contribution in [2.45, 2.75) is 39.7 Å². The lowest BCUT2D eigenvalue weighted by Crippen LogP contribution is -2.50. The number of carbonyl (C=O) groups is 2. The Hall–Kier alpha value is -4.62. The molecule has 5 rings (SSSR count). The van der Waals surface area contributed by atoms with Crippen molar-refractivity contribution in [3.05, 3.63) is 36.7 Å². The molecule has 4 heterocycles. The first-order valence-corrected chi connectivity index (χ1v) is 14.2. The number of benzene rings is 1. The molecule has 0 unspecified atom stereocenters. The molecule has 0 atom stereocenters. The largest absolute Gasteiger partial charge is 0.444 e. The molecule has 0 spiro atoms. The quantitative estimate of drug-likeness (QED) is 0.460. The van der Waals surface area contributed by atoms with Crippen LogP contribution in [0.5, 0.6) is 0 Å². The monoisotopic (exact) mass is 577 g/mol. The molecule has 14 nitrogen and oxygen atoms in total. The van der Waals surface area contributed by atoms with Gasteiger partial charge in [-0.05, 0) is 51.5 Å². The molecule has 0 radical (unpaired) electrons. The van der Waals surface area contributed by atoms with Crippen molar-refractivity contribution in [3.8, 4) is 5.82 Å². The van der Waals surface area contributed by atoms with Gasteiger partial charge < -0.3 is 35.4 Å². The third-order valence-corrected chi connectivity index (χ3v) is 7.17. The molecule has 2 amide bonds. The summed E-state index contributed by atoms with van der Waals surface area (Å²) in [7, 11) is 0. The molecule has 2 aliphatic heterocycles. The summed E-state index contributed by atoms with van der Waals surface area (Å²) in [5.74, 6) is 1.88. The Bertz CT molecular complexity index is 1390. The molecule has 3 N–H and O–H groups in total. The van der Waals surface area contributed by atoms with Crippen molar-refractivity contribution in [1.82, 2.24) is 34.5 Å². The number of aromatic nitrogens is 5. The van der Waals surface area contributed by atoms with Gasteiger partial charge in [-0.1, -0.05) is 0 Å². The van der Waals surface area contributed by atoms with Crippen molar-refractivity contribution in [2.24, 2.45) is 0 Å². The number of hydrogen-bond acceptors (Lipinski definition) is 11. The Balaban J connectivity index is 1.19. The minimum Gasteiger partial charge on any atom is -0.444 e. The van der Waals surface area contributed by atoms with Crippen LogP contribution in [0.15, 0.2) is 36.7 Å². The Morgan fingerprint density at radius 1 is 0.881 bits per heavy atom. The van der Waals surface area contributed by atoms with E-state index in [1.807, 2.05) is 56.0 Å². The summed E-state index contributed by atoms with van der Waals surface area (Å²) in [6.45, 7) is 12.7. The van der Waals surface area contributed by atoms with E-state index in [2.05, 4.69) is 35.2 Å². The third kappa shape index (κ3) is 6.98. The summed E-state index contributed by atoms with van der Waals surface area (Å²) in [6, 6.07) is 9.79. The average molecular weight is 578 g/mol. The maximum atomic E-state index is 12.4. The molecule has 1 aromatic carbocycles. The van der Waals surface area contributed by atoms with Gasteiger partial charge in [-0.25, -0.2) is 14.8 Å². The lowest BCUT2D eigenvalue weighted by Gasteiger charge is -2.36. The molecule has 14 heteroatoms. The van der Waals surface area contributed by atoms with Gasteiger partial charge in [0.25, 0.3) is 0 Å². The van der Waals surface area contributed by atoms with Crippen LogP contribution in [0, 0.1) is 0 Å². The van der Waals surface area contributed by atoms with Gasteiger partial charge in [-0.2, -0.15) is 9.67 Å². The predicted molar refractivity (Wildman–Crippen MR) is 160 cm³/mol. The number of piperazine rings is 1. The van der Waals surface area contributed by atoms with Crippen LogP contribution < -0.4 is 20.9 Å². The van der Waals surface area contributed by atoms with Crippen LogP contribution >= 0.6 is 0 Å². The van der Waals surface area contributed by atoms with Crippen molar-refractivity contribution in [2.75, 3.05) is 73.2 Å². The minimum atomic E-state index is -0.502. The summed E-state index contributed by atoms with van der Waals surface area (Å²) in [6.07, 6.45) is 2.08. The van der Waals surface area contributed by atoms with E-state index in [0.29, 0.717) is 37.9 Å². The Morgan fingerprint density at radius 2 is 1.55 bits per heavy atom. The maximum absolute atomic E-state index is 12.4. The molecule has 224 valence electrons. The van der Waals surface area contributed by atoms with Crippen LogP contribution in [0.25, 0.3) is 5.82 Å². The Morgan fingerprint density at radius 3 is 2.24 bits per heavy atom. The molecule has 3 aromatic rings. The Labute approximate surface area is 245 Å². The number of amides is 2. The number of nitrogens with two attached hydrogens (primary N) is 1. The lowest BCUT2D eigenvalue weighted by molar-refractivity contribution is -0.128. The summed E-state index contributed by atoms with van der Waals surface area (Å²) < 4.78 is 6.97. The number of rotatable bonds is 5. The summed E-state index contributed by atoms with van der Waals surface area (Å²) >= 11 is 0. The van der Waals surface area contributed by atoms with Gasteiger partial charge in [0, 0.05) is 76.7 Å². The third-order valence-electron chi connectivity index (χ3n) is 7.17. The van der Waals surface area contributed by atoms with Gasteiger partial charge in [-0.15, -0.1) is 5.10 Å². The average Bonchev–Trinajstić information content (AvgIpc) is 3.15. The van der Waals surface area contributed by atoms with Crippen molar-refractivity contribution >= 4 is 41.1 Å². The summed E-state index contributed by atoms with van der Waals surface area (Å²) in [5, 5.41) is 7.73. The van der Waals surface area contributed by atoms with E-state index >= 15 is 0 Å². The van der Waals surface area contributed by atoms with Crippen molar-refractivity contribution < 1.29 is 14.3 Å². The number of nitrogens with zero attached hydrogens (tertiary/aromatic N) is 9. The zero-order valence-electron chi connectivity index (χ0n) is 24.7. The number of hydrogen-bond donors (Lipinski definition) is 2. The normalized spacial score (nSPS) is 16.3. The highest BCUT2D eigenvalue weighted by molar-refractivity contribution is 5.73. The predicted octanol–water partition coefficient (Wildman–Crippen LogP) is 2.50. The molecule has 0 bridgehead atoms. The SMILES string of the molecule is CC(=O)N1CCCN(c2cc(-n3nc(Nc4ccc(N5CCN(C(=O)OC(C)(C)C)CC5)cc4)nc3N)ncn2)CC1. The molecule has 2 aliphatic rings. The standard InChI is InChI=1S/C28H39N11O3/c1-20(40)35-10-5-11-37(15-12-35)23-18-24(31-19-30-23)39-25(29)33-26(34-39)32-21-6-8-22(9-7-21)36-13-16-38(17-14-36)27(41)42-28(2,3)4/h6-9,18-19H,5,10-17H2,1-4H3,(H3,29,32,33,34). The second-order valence-electron chi connectivity index (χ2n) is 11.4. The minimum absolute atomic E-state index is 0.0865. The van der Waals surface area contributed by atoms with Crippen molar-refractivity contribution in [3.63, 3.8) is 0 Å². The van der Waals surface area contributed by atoms with Crippen molar-refractivity contribution in [1.29, 1.82) is 0 Å². The fourth-order valence-corrected chi connectivity index (χ4v) is 4.99. The van der Waals surface area contributed by atoms with E-state index in [1.54, 1.807) is 11.8 Å². The highest BCUT2D eigenvalue weighted by Crippen LogP contribution is 2.23. The first-order valence-electron chi connectivity index (χ1n) is 14.2. The summed E-state index contributed by atoms with van der Waals surface area (Å²) in [4.78, 5) is 45.3. The van der Waals surface area contributed by atoms with E-state index in [0.717, 1.165) is 49.8 Å². The van der Waals surface area contributed by atoms with E-state index in [-0.39, 0.29) is 17.9 Å².